The third kappa shape index (κ3) is 2.61. The van der Waals surface area contributed by atoms with E-state index in [1.54, 1.807) is 18.4 Å². The Morgan fingerprint density at radius 3 is 2.84 bits per heavy atom. The van der Waals surface area contributed by atoms with Crippen LogP contribution in [0.15, 0.2) is 56.9 Å². The molecule has 0 aromatic carbocycles. The van der Waals surface area contributed by atoms with E-state index in [9.17, 15) is 4.79 Å². The van der Waals surface area contributed by atoms with Crippen LogP contribution in [0.5, 0.6) is 0 Å². The van der Waals surface area contributed by atoms with Gasteiger partial charge in [0.15, 0.2) is 11.5 Å². The number of furan rings is 2. The molecule has 0 unspecified atom stereocenters. The molecule has 3 aromatic rings. The number of carbonyl (C=O) groups is 1. The van der Waals surface area contributed by atoms with E-state index in [2.05, 4.69) is 5.32 Å². The fraction of sp³-hybridized carbons (Fsp3) is 0.0714. The summed E-state index contributed by atoms with van der Waals surface area (Å²) in [6.45, 7) is 0.359. The lowest BCUT2D eigenvalue weighted by Crippen LogP contribution is -2.21. The average molecular weight is 273 g/mol. The minimum absolute atomic E-state index is 0.0917. The fourth-order valence-corrected chi connectivity index (χ4v) is 2.33. The molecule has 3 aromatic heterocycles. The topological polar surface area (TPSA) is 55.4 Å². The highest BCUT2D eigenvalue weighted by Crippen LogP contribution is 2.22. The van der Waals surface area contributed by atoms with Gasteiger partial charge in [-0.3, -0.25) is 4.79 Å². The third-order valence-electron chi connectivity index (χ3n) is 2.59. The van der Waals surface area contributed by atoms with Crippen molar-refractivity contribution in [1.82, 2.24) is 5.32 Å². The molecule has 0 bridgehead atoms. The van der Waals surface area contributed by atoms with Crippen molar-refractivity contribution in [2.75, 3.05) is 0 Å². The summed E-state index contributed by atoms with van der Waals surface area (Å²) in [6.07, 6.45) is 1.59. The first kappa shape index (κ1) is 11.8. The van der Waals surface area contributed by atoms with Crippen molar-refractivity contribution >= 4 is 17.2 Å². The summed E-state index contributed by atoms with van der Waals surface area (Å²) in [7, 11) is 0. The summed E-state index contributed by atoms with van der Waals surface area (Å²) in [4.78, 5) is 12.4. The molecule has 0 fully saturated rings. The Bertz CT molecular complexity index is 653. The van der Waals surface area contributed by atoms with Gasteiger partial charge in [-0.1, -0.05) is 6.07 Å². The third-order valence-corrected chi connectivity index (χ3v) is 3.46. The summed E-state index contributed by atoms with van der Waals surface area (Å²) < 4.78 is 10.8. The number of hydrogen-bond acceptors (Lipinski definition) is 4. The maximum atomic E-state index is 11.8. The van der Waals surface area contributed by atoms with Crippen molar-refractivity contribution in [3.63, 3.8) is 0 Å². The van der Waals surface area contributed by atoms with Crippen molar-refractivity contribution < 1.29 is 13.6 Å². The van der Waals surface area contributed by atoms with Gasteiger partial charge in [0.25, 0.3) is 5.91 Å². The minimum Gasteiger partial charge on any atom is -0.461 e. The first-order chi connectivity index (χ1) is 9.33. The highest BCUT2D eigenvalue weighted by Gasteiger charge is 2.09. The molecule has 0 aliphatic carbocycles. The summed E-state index contributed by atoms with van der Waals surface area (Å²) in [5.74, 6) is 1.93. The van der Waals surface area contributed by atoms with E-state index in [-0.39, 0.29) is 5.91 Å². The summed E-state index contributed by atoms with van der Waals surface area (Å²) in [5, 5.41) is 4.68. The van der Waals surface area contributed by atoms with E-state index in [0.29, 0.717) is 28.7 Å². The van der Waals surface area contributed by atoms with Gasteiger partial charge in [-0.2, -0.15) is 0 Å². The second-order valence-corrected chi connectivity index (χ2v) is 4.85. The largest absolute Gasteiger partial charge is 0.461 e. The van der Waals surface area contributed by atoms with Crippen LogP contribution in [0.25, 0.3) is 11.5 Å². The molecule has 4 nitrogen and oxygen atoms in total. The first-order valence-electron chi connectivity index (χ1n) is 5.77. The van der Waals surface area contributed by atoms with Crippen LogP contribution >= 0.6 is 11.3 Å². The smallest absolute Gasteiger partial charge is 0.261 e. The lowest BCUT2D eigenvalue weighted by molar-refractivity contribution is 0.0952. The second-order valence-electron chi connectivity index (χ2n) is 3.90. The van der Waals surface area contributed by atoms with Gasteiger partial charge in [-0.15, -0.1) is 11.3 Å². The van der Waals surface area contributed by atoms with Crippen LogP contribution in [0, 0.1) is 0 Å². The molecule has 0 saturated carbocycles. The van der Waals surface area contributed by atoms with Gasteiger partial charge in [-0.25, -0.2) is 0 Å². The van der Waals surface area contributed by atoms with Gasteiger partial charge in [-0.05, 0) is 35.7 Å². The molecule has 0 aliphatic rings. The SMILES string of the molecule is O=C(NCc1ccc(-c2ccco2)o1)c1cccs1. The van der Waals surface area contributed by atoms with Crippen LogP contribution in [0.3, 0.4) is 0 Å². The number of nitrogens with one attached hydrogen (secondary N) is 1. The zero-order valence-corrected chi connectivity index (χ0v) is 10.8. The number of rotatable bonds is 4. The van der Waals surface area contributed by atoms with Crippen molar-refractivity contribution in [1.29, 1.82) is 0 Å². The lowest BCUT2D eigenvalue weighted by Gasteiger charge is -2.00. The van der Waals surface area contributed by atoms with Crippen molar-refractivity contribution in [2.45, 2.75) is 6.54 Å². The number of hydrogen-bond donors (Lipinski definition) is 1. The predicted octanol–water partition coefficient (Wildman–Crippen LogP) is 3.53. The van der Waals surface area contributed by atoms with Crippen molar-refractivity contribution in [3.8, 4) is 11.5 Å². The van der Waals surface area contributed by atoms with Crippen LogP contribution in [0.4, 0.5) is 0 Å². The maximum absolute atomic E-state index is 11.8. The minimum atomic E-state index is -0.0917. The Kier molecular flexibility index (Phi) is 3.20. The highest BCUT2D eigenvalue weighted by atomic mass is 32.1. The van der Waals surface area contributed by atoms with Crippen LogP contribution in [-0.2, 0) is 6.54 Å². The number of amides is 1. The average Bonchev–Trinajstić information content (AvgIpc) is 3.14. The number of thiophene rings is 1. The van der Waals surface area contributed by atoms with E-state index in [0.717, 1.165) is 0 Å². The lowest BCUT2D eigenvalue weighted by atomic mass is 10.3. The first-order valence-corrected chi connectivity index (χ1v) is 6.65. The van der Waals surface area contributed by atoms with Gasteiger partial charge in [0.05, 0.1) is 17.7 Å². The molecule has 0 saturated heterocycles. The Morgan fingerprint density at radius 1 is 1.16 bits per heavy atom. The Hall–Kier alpha value is -2.27. The quantitative estimate of drug-likeness (QED) is 0.791. The summed E-state index contributed by atoms with van der Waals surface area (Å²) in [5.41, 5.74) is 0. The van der Waals surface area contributed by atoms with E-state index >= 15 is 0 Å². The Morgan fingerprint density at radius 2 is 2.11 bits per heavy atom. The molecule has 19 heavy (non-hydrogen) atoms. The molecule has 96 valence electrons. The monoisotopic (exact) mass is 273 g/mol. The van der Waals surface area contributed by atoms with Crippen molar-refractivity contribution in [2.24, 2.45) is 0 Å². The molecule has 3 heterocycles. The molecule has 0 aliphatic heterocycles. The Labute approximate surface area is 113 Å². The van der Waals surface area contributed by atoms with E-state index in [4.69, 9.17) is 8.83 Å². The van der Waals surface area contributed by atoms with E-state index < -0.39 is 0 Å². The maximum Gasteiger partial charge on any atom is 0.261 e. The van der Waals surface area contributed by atoms with E-state index in [1.165, 1.54) is 11.3 Å². The molecule has 5 heteroatoms. The van der Waals surface area contributed by atoms with Crippen LogP contribution < -0.4 is 5.32 Å². The summed E-state index contributed by atoms with van der Waals surface area (Å²) in [6, 6.07) is 10.9. The van der Waals surface area contributed by atoms with Gasteiger partial charge in [0.1, 0.15) is 5.76 Å². The molecule has 3 rings (SSSR count). The summed E-state index contributed by atoms with van der Waals surface area (Å²) >= 11 is 1.41. The van der Waals surface area contributed by atoms with E-state index in [1.807, 2.05) is 29.6 Å². The second kappa shape index (κ2) is 5.16. The molecule has 1 amide bonds. The van der Waals surface area contributed by atoms with Crippen LogP contribution in [0.1, 0.15) is 15.4 Å². The van der Waals surface area contributed by atoms with Gasteiger partial charge in [0.2, 0.25) is 0 Å². The molecular formula is C14H11NO3S. The molecule has 0 atom stereocenters. The van der Waals surface area contributed by atoms with Crippen molar-refractivity contribution in [3.05, 3.63) is 58.7 Å². The zero-order valence-electron chi connectivity index (χ0n) is 9.96. The normalized spacial score (nSPS) is 10.5. The van der Waals surface area contributed by atoms with Gasteiger partial charge in [0, 0.05) is 0 Å². The molecule has 0 radical (unpaired) electrons. The standard InChI is InChI=1S/C14H11NO3S/c16-14(13-4-2-8-19-13)15-9-10-5-6-12(18-10)11-3-1-7-17-11/h1-8H,9H2,(H,15,16). The molecule has 1 N–H and O–H groups in total. The molecular weight excluding hydrogens is 262 g/mol. The zero-order chi connectivity index (χ0) is 13.1. The number of carbonyl (C=O) groups excluding carboxylic acids is 1. The van der Waals surface area contributed by atoms with Gasteiger partial charge < -0.3 is 14.2 Å². The highest BCUT2D eigenvalue weighted by molar-refractivity contribution is 7.12. The van der Waals surface area contributed by atoms with Gasteiger partial charge >= 0.3 is 0 Å². The molecule has 0 spiro atoms. The van der Waals surface area contributed by atoms with Crippen LogP contribution in [-0.4, -0.2) is 5.91 Å². The predicted molar refractivity (Wildman–Crippen MR) is 71.9 cm³/mol. The van der Waals surface area contributed by atoms with Crippen LogP contribution in [0.2, 0.25) is 0 Å². The Balaban J connectivity index is 1.63. The fourth-order valence-electron chi connectivity index (χ4n) is 1.69.